The van der Waals surface area contributed by atoms with Gasteiger partial charge in [-0.3, -0.25) is 4.79 Å². The number of aryl methyl sites for hydroxylation is 1. The Bertz CT molecular complexity index is 913. The Balaban J connectivity index is 1.61. The van der Waals surface area contributed by atoms with Crippen molar-refractivity contribution >= 4 is 28.4 Å². The molecule has 1 aromatic heterocycles. The van der Waals surface area contributed by atoms with Crippen molar-refractivity contribution in [1.82, 2.24) is 9.88 Å². The van der Waals surface area contributed by atoms with Crippen molar-refractivity contribution in [3.63, 3.8) is 0 Å². The topological polar surface area (TPSA) is 36.1 Å². The van der Waals surface area contributed by atoms with Crippen molar-refractivity contribution in [2.24, 2.45) is 0 Å². The molecule has 0 saturated carbocycles. The molecule has 2 heterocycles. The van der Waals surface area contributed by atoms with Crippen molar-refractivity contribution in [2.75, 3.05) is 6.54 Å². The van der Waals surface area contributed by atoms with E-state index in [1.807, 2.05) is 30.3 Å². The van der Waals surface area contributed by atoms with Crippen LogP contribution in [0.4, 0.5) is 0 Å². The summed E-state index contributed by atoms with van der Waals surface area (Å²) in [5.74, 6) is 0.253. The Morgan fingerprint density at radius 2 is 1.92 bits per heavy atom. The summed E-state index contributed by atoms with van der Waals surface area (Å²) in [5.41, 5.74) is 4.79. The van der Waals surface area contributed by atoms with Gasteiger partial charge >= 0.3 is 0 Å². The minimum absolute atomic E-state index is 0.163. The number of hydrogen-bond acceptors (Lipinski definition) is 1. The fourth-order valence-corrected chi connectivity index (χ4v) is 4.07. The lowest BCUT2D eigenvalue weighted by Crippen LogP contribution is -2.30. The number of halogens is 1. The van der Waals surface area contributed by atoms with E-state index in [1.165, 1.54) is 16.5 Å². The zero-order chi connectivity index (χ0) is 17.4. The molecule has 0 spiro atoms. The molecule has 1 amide bonds. The van der Waals surface area contributed by atoms with Gasteiger partial charge in [-0.05, 0) is 43.5 Å². The summed E-state index contributed by atoms with van der Waals surface area (Å²) in [6.07, 6.45) is 2.37. The van der Waals surface area contributed by atoms with Crippen LogP contribution in [0.5, 0.6) is 0 Å². The molecule has 1 saturated heterocycles. The van der Waals surface area contributed by atoms with Crippen LogP contribution in [0.1, 0.15) is 35.7 Å². The first-order valence-electron chi connectivity index (χ1n) is 8.74. The summed E-state index contributed by atoms with van der Waals surface area (Å²) < 4.78 is 0. The van der Waals surface area contributed by atoms with Crippen LogP contribution in [0.3, 0.4) is 0 Å². The number of aromatic nitrogens is 1. The Morgan fingerprint density at radius 3 is 2.72 bits per heavy atom. The number of carbonyl (C=O) groups is 1. The molecule has 25 heavy (non-hydrogen) atoms. The van der Waals surface area contributed by atoms with Gasteiger partial charge in [0, 0.05) is 40.1 Å². The molecule has 1 unspecified atom stereocenters. The quantitative estimate of drug-likeness (QED) is 0.701. The number of hydrogen-bond donors (Lipinski definition) is 1. The number of nitrogens with zero attached hydrogens (tertiary/aromatic N) is 1. The Hall–Kier alpha value is -2.26. The summed E-state index contributed by atoms with van der Waals surface area (Å²) >= 11 is 5.96. The van der Waals surface area contributed by atoms with Crippen LogP contribution in [-0.4, -0.2) is 22.3 Å². The van der Waals surface area contributed by atoms with Gasteiger partial charge in [-0.25, -0.2) is 0 Å². The Labute approximate surface area is 152 Å². The molecular weight excluding hydrogens is 332 g/mol. The lowest BCUT2D eigenvalue weighted by Gasteiger charge is -2.25. The molecular formula is C21H21ClN2O. The van der Waals surface area contributed by atoms with Gasteiger partial charge < -0.3 is 9.88 Å². The number of rotatable bonds is 4. The van der Waals surface area contributed by atoms with Crippen molar-refractivity contribution < 1.29 is 4.79 Å². The van der Waals surface area contributed by atoms with Gasteiger partial charge in [0.1, 0.15) is 0 Å². The van der Waals surface area contributed by atoms with Crippen LogP contribution in [0.15, 0.2) is 48.5 Å². The smallest absolute Gasteiger partial charge is 0.223 e. The van der Waals surface area contributed by atoms with Crippen molar-refractivity contribution in [1.29, 1.82) is 0 Å². The third-order valence-electron chi connectivity index (χ3n) is 5.16. The van der Waals surface area contributed by atoms with Crippen LogP contribution in [0.2, 0.25) is 5.02 Å². The number of aromatic amines is 1. The zero-order valence-corrected chi connectivity index (χ0v) is 15.0. The molecule has 2 aromatic carbocycles. The monoisotopic (exact) mass is 352 g/mol. The third-order valence-corrected chi connectivity index (χ3v) is 5.41. The predicted molar refractivity (Wildman–Crippen MR) is 102 cm³/mol. The molecule has 1 aliphatic heterocycles. The maximum Gasteiger partial charge on any atom is 0.223 e. The highest BCUT2D eigenvalue weighted by Gasteiger charge is 2.34. The third kappa shape index (κ3) is 3.05. The summed E-state index contributed by atoms with van der Waals surface area (Å²) in [6.45, 7) is 2.85. The van der Waals surface area contributed by atoms with Crippen LogP contribution in [-0.2, 0) is 11.2 Å². The second-order valence-electron chi connectivity index (χ2n) is 6.73. The highest BCUT2D eigenvalue weighted by atomic mass is 35.5. The standard InChI is InChI=1S/C21H21ClN2O/c1-14-21(17-4-2-3-5-18(17)23-14)19-10-11-20(25)24(19)13-12-15-6-8-16(22)9-7-15/h2-9,19,23H,10-13H2,1H3. The number of amides is 1. The van der Waals surface area contributed by atoms with Gasteiger partial charge in [0.05, 0.1) is 6.04 Å². The summed E-state index contributed by atoms with van der Waals surface area (Å²) in [7, 11) is 0. The normalized spacial score (nSPS) is 17.6. The minimum atomic E-state index is 0.163. The molecule has 0 bridgehead atoms. The highest BCUT2D eigenvalue weighted by molar-refractivity contribution is 6.30. The first-order valence-corrected chi connectivity index (χ1v) is 9.12. The SMILES string of the molecule is Cc1[nH]c2ccccc2c1C1CCC(=O)N1CCc1ccc(Cl)cc1. The molecule has 3 aromatic rings. The second kappa shape index (κ2) is 6.57. The van der Waals surface area contributed by atoms with Crippen LogP contribution in [0, 0.1) is 6.92 Å². The van der Waals surface area contributed by atoms with Crippen molar-refractivity contribution in [2.45, 2.75) is 32.2 Å². The average Bonchev–Trinajstić information content (AvgIpc) is 3.13. The van der Waals surface area contributed by atoms with E-state index in [4.69, 9.17) is 11.6 Å². The molecule has 1 fully saturated rings. The molecule has 3 nitrogen and oxygen atoms in total. The molecule has 1 N–H and O–H groups in total. The van der Waals surface area contributed by atoms with Gasteiger partial charge in [0.25, 0.3) is 0 Å². The van der Waals surface area contributed by atoms with Gasteiger partial charge in [0.15, 0.2) is 0 Å². The van der Waals surface area contributed by atoms with Gasteiger partial charge in [0.2, 0.25) is 5.91 Å². The molecule has 4 heteroatoms. The van der Waals surface area contributed by atoms with E-state index in [-0.39, 0.29) is 11.9 Å². The van der Waals surface area contributed by atoms with Crippen LogP contribution >= 0.6 is 11.6 Å². The number of carbonyl (C=O) groups excluding carboxylic acids is 1. The summed E-state index contributed by atoms with van der Waals surface area (Å²) in [4.78, 5) is 18.0. The van der Waals surface area contributed by atoms with Crippen LogP contribution < -0.4 is 0 Å². The van der Waals surface area contributed by atoms with E-state index in [0.717, 1.165) is 35.6 Å². The number of fused-ring (bicyclic) bond motifs is 1. The summed E-state index contributed by atoms with van der Waals surface area (Å²) in [6, 6.07) is 16.4. The highest BCUT2D eigenvalue weighted by Crippen LogP contribution is 2.38. The maximum absolute atomic E-state index is 12.5. The molecule has 128 valence electrons. The van der Waals surface area contributed by atoms with E-state index in [0.29, 0.717) is 6.42 Å². The Morgan fingerprint density at radius 1 is 1.16 bits per heavy atom. The van der Waals surface area contributed by atoms with E-state index in [2.05, 4.69) is 35.0 Å². The van der Waals surface area contributed by atoms with E-state index >= 15 is 0 Å². The first-order chi connectivity index (χ1) is 12.1. The molecule has 4 rings (SSSR count). The minimum Gasteiger partial charge on any atom is -0.358 e. The summed E-state index contributed by atoms with van der Waals surface area (Å²) in [5, 5.41) is 1.98. The number of nitrogens with one attached hydrogen (secondary N) is 1. The molecule has 0 radical (unpaired) electrons. The second-order valence-corrected chi connectivity index (χ2v) is 7.16. The van der Waals surface area contributed by atoms with E-state index < -0.39 is 0 Å². The van der Waals surface area contributed by atoms with Gasteiger partial charge in [-0.15, -0.1) is 0 Å². The van der Waals surface area contributed by atoms with Gasteiger partial charge in [-0.2, -0.15) is 0 Å². The number of para-hydroxylation sites is 1. The van der Waals surface area contributed by atoms with Crippen LogP contribution in [0.25, 0.3) is 10.9 Å². The average molecular weight is 353 g/mol. The number of likely N-dealkylation sites (tertiary alicyclic amines) is 1. The van der Waals surface area contributed by atoms with Crippen molar-refractivity contribution in [3.05, 3.63) is 70.4 Å². The van der Waals surface area contributed by atoms with E-state index in [1.54, 1.807) is 0 Å². The number of benzene rings is 2. The lowest BCUT2D eigenvalue weighted by molar-refractivity contribution is -0.129. The maximum atomic E-state index is 12.5. The van der Waals surface area contributed by atoms with Crippen molar-refractivity contribution in [3.8, 4) is 0 Å². The fraction of sp³-hybridized carbons (Fsp3) is 0.286. The number of H-pyrrole nitrogens is 1. The first kappa shape index (κ1) is 16.2. The van der Waals surface area contributed by atoms with E-state index in [9.17, 15) is 4.79 Å². The van der Waals surface area contributed by atoms with Gasteiger partial charge in [-0.1, -0.05) is 41.9 Å². The molecule has 0 aliphatic carbocycles. The molecule has 1 atom stereocenters. The largest absolute Gasteiger partial charge is 0.358 e. The molecule has 1 aliphatic rings. The zero-order valence-electron chi connectivity index (χ0n) is 14.3. The Kier molecular flexibility index (Phi) is 4.26. The lowest BCUT2D eigenvalue weighted by atomic mass is 10.0. The predicted octanol–water partition coefficient (Wildman–Crippen LogP) is 5.04. The fourth-order valence-electron chi connectivity index (χ4n) is 3.94.